The summed E-state index contributed by atoms with van der Waals surface area (Å²) in [6.07, 6.45) is 1.99. The standard InChI is InChI=1S/C14H18O4/c1-2-3-5-10-12(13(15)16)18-14(17)11-8-6-4-7-9-11/h4,6-9,12H,2-3,5,10H2,1H3,(H,15,16)/t12-/m1/s1. The molecule has 0 spiro atoms. The van der Waals surface area contributed by atoms with Gasteiger partial charge in [0.2, 0.25) is 0 Å². The predicted octanol–water partition coefficient (Wildman–Crippen LogP) is 2.88. The van der Waals surface area contributed by atoms with Gasteiger partial charge in [0, 0.05) is 0 Å². The maximum Gasteiger partial charge on any atom is 0.345 e. The van der Waals surface area contributed by atoms with Crippen LogP contribution in [0.3, 0.4) is 0 Å². The smallest absolute Gasteiger partial charge is 0.345 e. The molecule has 1 atom stereocenters. The zero-order chi connectivity index (χ0) is 13.4. The lowest BCUT2D eigenvalue weighted by molar-refractivity contribution is -0.147. The number of hydrogen-bond acceptors (Lipinski definition) is 3. The highest BCUT2D eigenvalue weighted by Crippen LogP contribution is 2.10. The number of carboxylic acids is 1. The lowest BCUT2D eigenvalue weighted by atomic mass is 10.1. The topological polar surface area (TPSA) is 63.6 Å². The SMILES string of the molecule is CCCCC[C@@H](OC(=O)c1ccccc1)C(=O)O. The Morgan fingerprint density at radius 2 is 1.89 bits per heavy atom. The van der Waals surface area contributed by atoms with Crippen molar-refractivity contribution in [2.75, 3.05) is 0 Å². The Morgan fingerprint density at radius 3 is 2.44 bits per heavy atom. The molecule has 18 heavy (non-hydrogen) atoms. The molecule has 1 N–H and O–H groups in total. The van der Waals surface area contributed by atoms with E-state index >= 15 is 0 Å². The molecule has 0 aliphatic heterocycles. The fraction of sp³-hybridized carbons (Fsp3) is 0.429. The van der Waals surface area contributed by atoms with Crippen LogP contribution < -0.4 is 0 Å². The van der Waals surface area contributed by atoms with Crippen LogP contribution in [0.5, 0.6) is 0 Å². The van der Waals surface area contributed by atoms with Gasteiger partial charge in [-0.15, -0.1) is 0 Å². The minimum atomic E-state index is -1.09. The minimum absolute atomic E-state index is 0.363. The number of unbranched alkanes of at least 4 members (excludes halogenated alkanes) is 2. The second-order valence-electron chi connectivity index (χ2n) is 4.09. The fourth-order valence-electron chi connectivity index (χ4n) is 1.58. The first-order valence-corrected chi connectivity index (χ1v) is 6.14. The van der Waals surface area contributed by atoms with Crippen molar-refractivity contribution in [1.82, 2.24) is 0 Å². The number of esters is 1. The maximum atomic E-state index is 11.7. The third-order valence-corrected chi connectivity index (χ3v) is 2.60. The third-order valence-electron chi connectivity index (χ3n) is 2.60. The molecule has 0 radical (unpaired) electrons. The first kappa shape index (κ1) is 14.2. The van der Waals surface area contributed by atoms with Gasteiger partial charge in [-0.3, -0.25) is 0 Å². The quantitative estimate of drug-likeness (QED) is 0.597. The van der Waals surface area contributed by atoms with Gasteiger partial charge < -0.3 is 9.84 Å². The average Bonchev–Trinajstić information content (AvgIpc) is 2.38. The van der Waals surface area contributed by atoms with Crippen molar-refractivity contribution in [3.8, 4) is 0 Å². The van der Waals surface area contributed by atoms with Crippen molar-refractivity contribution in [1.29, 1.82) is 0 Å². The Balaban J connectivity index is 2.55. The van der Waals surface area contributed by atoms with E-state index in [0.29, 0.717) is 12.0 Å². The number of hydrogen-bond donors (Lipinski definition) is 1. The van der Waals surface area contributed by atoms with Crippen LogP contribution in [-0.4, -0.2) is 23.1 Å². The fourth-order valence-corrected chi connectivity index (χ4v) is 1.58. The molecule has 0 bridgehead atoms. The van der Waals surface area contributed by atoms with Gasteiger partial charge in [-0.2, -0.15) is 0 Å². The molecular formula is C14H18O4. The number of ether oxygens (including phenoxy) is 1. The van der Waals surface area contributed by atoms with Gasteiger partial charge in [-0.1, -0.05) is 38.0 Å². The molecular weight excluding hydrogens is 232 g/mol. The summed E-state index contributed by atoms with van der Waals surface area (Å²) in [6.45, 7) is 2.03. The molecule has 0 saturated carbocycles. The van der Waals surface area contributed by atoms with E-state index in [1.54, 1.807) is 30.3 Å². The molecule has 0 fully saturated rings. The highest BCUT2D eigenvalue weighted by atomic mass is 16.6. The average molecular weight is 250 g/mol. The van der Waals surface area contributed by atoms with E-state index in [9.17, 15) is 9.59 Å². The van der Waals surface area contributed by atoms with Crippen LogP contribution in [-0.2, 0) is 9.53 Å². The Hall–Kier alpha value is -1.84. The molecule has 4 heteroatoms. The summed E-state index contributed by atoms with van der Waals surface area (Å²) in [7, 11) is 0. The summed E-state index contributed by atoms with van der Waals surface area (Å²) in [5.74, 6) is -1.67. The van der Waals surface area contributed by atoms with Crippen molar-refractivity contribution < 1.29 is 19.4 Å². The number of carbonyl (C=O) groups excluding carboxylic acids is 1. The predicted molar refractivity (Wildman–Crippen MR) is 67.4 cm³/mol. The number of carboxylic acid groups (broad SMARTS) is 1. The van der Waals surface area contributed by atoms with Crippen molar-refractivity contribution in [2.24, 2.45) is 0 Å². The molecule has 0 heterocycles. The van der Waals surface area contributed by atoms with Crippen LogP contribution in [0.25, 0.3) is 0 Å². The number of benzene rings is 1. The van der Waals surface area contributed by atoms with Crippen LogP contribution in [0.4, 0.5) is 0 Å². The summed E-state index contributed by atoms with van der Waals surface area (Å²) in [6, 6.07) is 8.42. The van der Waals surface area contributed by atoms with Gasteiger partial charge >= 0.3 is 11.9 Å². The molecule has 0 amide bonds. The summed E-state index contributed by atoms with van der Waals surface area (Å²) in [4.78, 5) is 22.7. The van der Waals surface area contributed by atoms with Crippen LogP contribution in [0, 0.1) is 0 Å². The van der Waals surface area contributed by atoms with Gasteiger partial charge in [0.25, 0.3) is 0 Å². The molecule has 0 aliphatic rings. The van der Waals surface area contributed by atoms with E-state index in [-0.39, 0.29) is 0 Å². The van der Waals surface area contributed by atoms with Gasteiger partial charge in [0.05, 0.1) is 5.56 Å². The van der Waals surface area contributed by atoms with Crippen molar-refractivity contribution in [3.63, 3.8) is 0 Å². The normalized spacial score (nSPS) is 11.8. The zero-order valence-corrected chi connectivity index (χ0v) is 10.5. The lowest BCUT2D eigenvalue weighted by Crippen LogP contribution is -2.27. The van der Waals surface area contributed by atoms with Crippen molar-refractivity contribution in [2.45, 2.75) is 38.7 Å². The van der Waals surface area contributed by atoms with Crippen LogP contribution in [0.2, 0.25) is 0 Å². The van der Waals surface area contributed by atoms with Gasteiger partial charge in [0.1, 0.15) is 0 Å². The highest BCUT2D eigenvalue weighted by molar-refractivity contribution is 5.91. The van der Waals surface area contributed by atoms with Crippen LogP contribution >= 0.6 is 0 Å². The van der Waals surface area contributed by atoms with Crippen molar-refractivity contribution >= 4 is 11.9 Å². The molecule has 0 unspecified atom stereocenters. The molecule has 0 aliphatic carbocycles. The molecule has 98 valence electrons. The molecule has 4 nitrogen and oxygen atoms in total. The van der Waals surface area contributed by atoms with E-state index in [0.717, 1.165) is 19.3 Å². The van der Waals surface area contributed by atoms with E-state index in [2.05, 4.69) is 0 Å². The maximum absolute atomic E-state index is 11.7. The molecule has 1 rings (SSSR count). The van der Waals surface area contributed by atoms with Crippen LogP contribution in [0.1, 0.15) is 43.0 Å². The summed E-state index contributed by atoms with van der Waals surface area (Å²) in [5, 5.41) is 8.99. The summed E-state index contributed by atoms with van der Waals surface area (Å²) >= 11 is 0. The second kappa shape index (κ2) is 7.48. The largest absolute Gasteiger partial charge is 0.479 e. The first-order chi connectivity index (χ1) is 8.65. The third kappa shape index (κ3) is 4.57. The van der Waals surface area contributed by atoms with E-state index in [1.807, 2.05) is 6.92 Å². The number of aliphatic carboxylic acids is 1. The van der Waals surface area contributed by atoms with Gasteiger partial charge in [0.15, 0.2) is 6.10 Å². The number of rotatable bonds is 7. The monoisotopic (exact) mass is 250 g/mol. The van der Waals surface area contributed by atoms with E-state index < -0.39 is 18.0 Å². The van der Waals surface area contributed by atoms with Gasteiger partial charge in [-0.25, -0.2) is 9.59 Å². The van der Waals surface area contributed by atoms with Crippen LogP contribution in [0.15, 0.2) is 30.3 Å². The summed E-state index contributed by atoms with van der Waals surface area (Å²) in [5.41, 5.74) is 0.374. The minimum Gasteiger partial charge on any atom is -0.479 e. The Labute approximate surface area is 107 Å². The van der Waals surface area contributed by atoms with E-state index in [1.165, 1.54) is 0 Å². The summed E-state index contributed by atoms with van der Waals surface area (Å²) < 4.78 is 5.01. The highest BCUT2D eigenvalue weighted by Gasteiger charge is 2.22. The molecule has 1 aromatic carbocycles. The van der Waals surface area contributed by atoms with E-state index in [4.69, 9.17) is 9.84 Å². The molecule has 1 aromatic rings. The first-order valence-electron chi connectivity index (χ1n) is 6.14. The Bertz CT molecular complexity index is 386. The molecule has 0 saturated heterocycles. The van der Waals surface area contributed by atoms with Crippen molar-refractivity contribution in [3.05, 3.63) is 35.9 Å². The second-order valence-corrected chi connectivity index (χ2v) is 4.09. The van der Waals surface area contributed by atoms with Gasteiger partial charge in [-0.05, 0) is 25.0 Å². The molecule has 0 aromatic heterocycles. The lowest BCUT2D eigenvalue weighted by Gasteiger charge is -2.13. The zero-order valence-electron chi connectivity index (χ0n) is 10.5. The number of carbonyl (C=O) groups is 2. The Kier molecular flexibility index (Phi) is 5.91. The Morgan fingerprint density at radius 1 is 1.22 bits per heavy atom.